The molecule has 1 aliphatic heterocycles. The second-order valence-electron chi connectivity index (χ2n) is 5.94. The quantitative estimate of drug-likeness (QED) is 0.929. The van der Waals surface area contributed by atoms with Crippen molar-refractivity contribution in [2.45, 2.75) is 26.7 Å². The molecule has 0 aliphatic carbocycles. The Labute approximate surface area is 144 Å². The number of aromatic nitrogens is 2. The number of pyridine rings is 1. The molecule has 3 rings (SSSR count). The summed E-state index contributed by atoms with van der Waals surface area (Å²) in [5.41, 5.74) is 1.89. The van der Waals surface area contributed by atoms with E-state index in [9.17, 15) is 9.59 Å². The summed E-state index contributed by atoms with van der Waals surface area (Å²) in [4.78, 5) is 35.2. The molecule has 126 valence electrons. The largest absolute Gasteiger partial charge is 0.343 e. The van der Waals surface area contributed by atoms with Crippen molar-refractivity contribution in [3.8, 4) is 10.4 Å². The molecule has 2 aromatic rings. The summed E-state index contributed by atoms with van der Waals surface area (Å²) in [7, 11) is 0. The highest BCUT2D eigenvalue weighted by atomic mass is 32.1. The van der Waals surface area contributed by atoms with Gasteiger partial charge in [-0.2, -0.15) is 0 Å². The van der Waals surface area contributed by atoms with Crippen molar-refractivity contribution in [1.29, 1.82) is 0 Å². The van der Waals surface area contributed by atoms with E-state index in [-0.39, 0.29) is 17.7 Å². The molecular weight excluding hydrogens is 324 g/mol. The summed E-state index contributed by atoms with van der Waals surface area (Å²) in [5.74, 6) is 0.00172. The molecule has 1 fully saturated rings. The van der Waals surface area contributed by atoms with E-state index in [1.807, 2.05) is 19.1 Å². The molecule has 1 N–H and O–H groups in total. The van der Waals surface area contributed by atoms with Crippen molar-refractivity contribution in [2.24, 2.45) is 5.92 Å². The number of rotatable bonds is 3. The fraction of sp³-hybridized carbons (Fsp3) is 0.412. The number of nitrogens with zero attached hydrogens (tertiary/aromatic N) is 3. The van der Waals surface area contributed by atoms with E-state index in [1.54, 1.807) is 24.2 Å². The molecule has 6 nitrogen and oxygen atoms in total. The van der Waals surface area contributed by atoms with Crippen LogP contribution in [0.15, 0.2) is 24.5 Å². The van der Waals surface area contributed by atoms with Crippen molar-refractivity contribution in [1.82, 2.24) is 14.9 Å². The zero-order valence-electron chi connectivity index (χ0n) is 13.8. The zero-order valence-corrected chi connectivity index (χ0v) is 14.6. The van der Waals surface area contributed by atoms with Gasteiger partial charge in [-0.1, -0.05) is 17.4 Å². The van der Waals surface area contributed by atoms with Crippen molar-refractivity contribution in [3.05, 3.63) is 30.2 Å². The van der Waals surface area contributed by atoms with Crippen LogP contribution < -0.4 is 5.32 Å². The van der Waals surface area contributed by atoms with Crippen LogP contribution in [0.2, 0.25) is 0 Å². The fourth-order valence-electron chi connectivity index (χ4n) is 2.88. The number of carbonyl (C=O) groups is 2. The number of hydrogen-bond acceptors (Lipinski definition) is 5. The fourth-order valence-corrected chi connectivity index (χ4v) is 3.84. The van der Waals surface area contributed by atoms with Gasteiger partial charge in [0.05, 0.1) is 10.6 Å². The van der Waals surface area contributed by atoms with Gasteiger partial charge < -0.3 is 10.2 Å². The van der Waals surface area contributed by atoms with Gasteiger partial charge in [-0.15, -0.1) is 0 Å². The predicted molar refractivity (Wildman–Crippen MR) is 93.7 cm³/mol. The molecule has 0 radical (unpaired) electrons. The second-order valence-corrected chi connectivity index (χ2v) is 6.94. The summed E-state index contributed by atoms with van der Waals surface area (Å²) < 4.78 is 0. The van der Waals surface area contributed by atoms with Gasteiger partial charge in [-0.05, 0) is 25.8 Å². The van der Waals surface area contributed by atoms with E-state index >= 15 is 0 Å². The van der Waals surface area contributed by atoms with Crippen LogP contribution in [0, 0.1) is 12.8 Å². The van der Waals surface area contributed by atoms with Gasteiger partial charge in [0.1, 0.15) is 0 Å². The van der Waals surface area contributed by atoms with Gasteiger partial charge in [0.15, 0.2) is 5.13 Å². The first-order valence-electron chi connectivity index (χ1n) is 7.99. The number of piperidine rings is 1. The maximum Gasteiger partial charge on any atom is 0.229 e. The average molecular weight is 344 g/mol. The lowest BCUT2D eigenvalue weighted by Crippen LogP contribution is -2.40. The van der Waals surface area contributed by atoms with Crippen LogP contribution in [0.5, 0.6) is 0 Å². The first-order chi connectivity index (χ1) is 11.5. The standard InChI is InChI=1S/C17H20N4O2S/c1-11-15(14-4-3-7-18-10-14)24-17(19-11)20-16(23)13-5-8-21(9-6-13)12(2)22/h3-4,7,10,13H,5-6,8-9H2,1-2H3,(H,19,20,23). The lowest BCUT2D eigenvalue weighted by Gasteiger charge is -2.30. The Kier molecular flexibility index (Phi) is 4.89. The van der Waals surface area contributed by atoms with Gasteiger partial charge in [0.25, 0.3) is 0 Å². The topological polar surface area (TPSA) is 75.2 Å². The molecule has 0 bridgehead atoms. The van der Waals surface area contributed by atoms with Crippen LogP contribution in [-0.2, 0) is 9.59 Å². The van der Waals surface area contributed by atoms with Crippen molar-refractivity contribution in [2.75, 3.05) is 18.4 Å². The number of aryl methyl sites for hydroxylation is 1. The molecule has 24 heavy (non-hydrogen) atoms. The van der Waals surface area contributed by atoms with Gasteiger partial charge in [0, 0.05) is 43.9 Å². The molecule has 1 aliphatic rings. The molecule has 0 spiro atoms. The number of thiazole rings is 1. The van der Waals surface area contributed by atoms with E-state index < -0.39 is 0 Å². The highest BCUT2D eigenvalue weighted by Crippen LogP contribution is 2.32. The molecule has 1 saturated heterocycles. The van der Waals surface area contributed by atoms with Crippen molar-refractivity contribution < 1.29 is 9.59 Å². The number of amides is 2. The van der Waals surface area contributed by atoms with Gasteiger partial charge in [-0.3, -0.25) is 14.6 Å². The Morgan fingerprint density at radius 2 is 2.08 bits per heavy atom. The molecule has 0 atom stereocenters. The third-order valence-electron chi connectivity index (χ3n) is 4.26. The smallest absolute Gasteiger partial charge is 0.229 e. The maximum absolute atomic E-state index is 12.4. The van der Waals surface area contributed by atoms with Crippen LogP contribution >= 0.6 is 11.3 Å². The normalized spacial score (nSPS) is 15.3. The Balaban J connectivity index is 1.65. The van der Waals surface area contributed by atoms with Crippen molar-refractivity contribution in [3.63, 3.8) is 0 Å². The van der Waals surface area contributed by atoms with Crippen molar-refractivity contribution >= 4 is 28.3 Å². The summed E-state index contributed by atoms with van der Waals surface area (Å²) >= 11 is 1.46. The Morgan fingerprint density at radius 1 is 1.33 bits per heavy atom. The number of anilines is 1. The van der Waals surface area contributed by atoms with E-state index in [1.165, 1.54) is 11.3 Å². The monoisotopic (exact) mass is 344 g/mol. The lowest BCUT2D eigenvalue weighted by molar-refractivity contribution is -0.132. The molecule has 0 unspecified atom stereocenters. The highest BCUT2D eigenvalue weighted by Gasteiger charge is 2.26. The first kappa shape index (κ1) is 16.6. The molecule has 3 heterocycles. The maximum atomic E-state index is 12.4. The predicted octanol–water partition coefficient (Wildman–Crippen LogP) is 2.71. The van der Waals surface area contributed by atoms with E-state index in [4.69, 9.17) is 0 Å². The zero-order chi connectivity index (χ0) is 17.1. The lowest BCUT2D eigenvalue weighted by atomic mass is 9.96. The number of likely N-dealkylation sites (tertiary alicyclic amines) is 1. The summed E-state index contributed by atoms with van der Waals surface area (Å²) in [6.07, 6.45) is 4.93. The van der Waals surface area contributed by atoms with Crippen LogP contribution in [0.1, 0.15) is 25.5 Å². The Bertz CT molecular complexity index is 736. The minimum atomic E-state index is -0.0633. The van der Waals surface area contributed by atoms with Gasteiger partial charge in [0.2, 0.25) is 11.8 Å². The van der Waals surface area contributed by atoms with E-state index in [2.05, 4.69) is 15.3 Å². The van der Waals surface area contributed by atoms with Crippen LogP contribution in [0.25, 0.3) is 10.4 Å². The number of hydrogen-bond donors (Lipinski definition) is 1. The number of nitrogens with one attached hydrogen (secondary N) is 1. The second kappa shape index (κ2) is 7.09. The van der Waals surface area contributed by atoms with E-state index in [0.717, 1.165) is 16.1 Å². The molecule has 7 heteroatoms. The summed E-state index contributed by atoms with van der Waals surface area (Å²) in [6.45, 7) is 4.79. The highest BCUT2D eigenvalue weighted by molar-refractivity contribution is 7.19. The van der Waals surface area contributed by atoms with Crippen LogP contribution in [0.3, 0.4) is 0 Å². The SMILES string of the molecule is CC(=O)N1CCC(C(=O)Nc2nc(C)c(-c3cccnc3)s2)CC1. The molecular formula is C17H20N4O2S. The number of carbonyl (C=O) groups excluding carboxylic acids is 2. The minimum Gasteiger partial charge on any atom is -0.343 e. The third kappa shape index (κ3) is 3.62. The van der Waals surface area contributed by atoms with Gasteiger partial charge in [-0.25, -0.2) is 4.98 Å². The average Bonchev–Trinajstić information content (AvgIpc) is 2.96. The molecule has 2 amide bonds. The third-order valence-corrected chi connectivity index (χ3v) is 5.38. The van der Waals surface area contributed by atoms with E-state index in [0.29, 0.717) is 31.1 Å². The minimum absolute atomic E-state index is 0.00955. The molecule has 0 aromatic carbocycles. The van der Waals surface area contributed by atoms with Crippen LogP contribution in [0.4, 0.5) is 5.13 Å². The molecule has 0 saturated carbocycles. The Hall–Kier alpha value is -2.28. The summed E-state index contributed by atoms with van der Waals surface area (Å²) in [6, 6.07) is 3.87. The first-order valence-corrected chi connectivity index (χ1v) is 8.80. The molecule has 2 aromatic heterocycles. The summed E-state index contributed by atoms with van der Waals surface area (Å²) in [5, 5.41) is 3.55. The van der Waals surface area contributed by atoms with Crippen LogP contribution in [-0.4, -0.2) is 39.8 Å². The van der Waals surface area contributed by atoms with Gasteiger partial charge >= 0.3 is 0 Å². The Morgan fingerprint density at radius 3 is 2.71 bits per heavy atom.